The van der Waals surface area contributed by atoms with E-state index in [1.807, 2.05) is 24.3 Å². The molecule has 2 heteroatoms. The fraction of sp³-hybridized carbons (Fsp3) is 0.188. The molecule has 0 heterocycles. The summed E-state index contributed by atoms with van der Waals surface area (Å²) in [6.07, 6.45) is 13.4. The predicted molar refractivity (Wildman–Crippen MR) is 73.2 cm³/mol. The first kappa shape index (κ1) is 12.2. The highest BCUT2D eigenvalue weighted by atomic mass is 16.1. The summed E-state index contributed by atoms with van der Waals surface area (Å²) in [7, 11) is 0. The van der Waals surface area contributed by atoms with E-state index in [0.717, 1.165) is 12.8 Å². The molecular formula is C16H15NO. The van der Waals surface area contributed by atoms with Crippen molar-refractivity contribution in [2.45, 2.75) is 12.8 Å². The molecule has 0 aromatic heterocycles. The van der Waals surface area contributed by atoms with Crippen LogP contribution in [0.1, 0.15) is 22.3 Å². The van der Waals surface area contributed by atoms with Crippen molar-refractivity contribution in [3.05, 3.63) is 59.2 Å². The molecule has 0 fully saturated rings. The molecule has 0 aliphatic heterocycles. The van der Waals surface area contributed by atoms with Gasteiger partial charge in [0, 0.05) is 5.56 Å². The molecule has 90 valence electrons. The van der Waals surface area contributed by atoms with Crippen LogP contribution >= 0.6 is 0 Å². The van der Waals surface area contributed by atoms with E-state index in [9.17, 15) is 4.79 Å². The summed E-state index contributed by atoms with van der Waals surface area (Å²) in [5, 5.41) is 2.64. The number of hydrogen-bond donors (Lipinski definition) is 1. The number of nitrogens with one attached hydrogen (secondary N) is 1. The largest absolute Gasteiger partial charge is 0.341 e. The summed E-state index contributed by atoms with van der Waals surface area (Å²) < 4.78 is 0. The van der Waals surface area contributed by atoms with Crippen LogP contribution in [-0.2, 0) is 6.42 Å². The summed E-state index contributed by atoms with van der Waals surface area (Å²) in [5.41, 5.74) is 3.27. The minimum atomic E-state index is -0.124. The van der Waals surface area contributed by atoms with Gasteiger partial charge in [-0.2, -0.15) is 0 Å². The highest BCUT2D eigenvalue weighted by molar-refractivity contribution is 5.94. The van der Waals surface area contributed by atoms with Crippen molar-refractivity contribution in [2.24, 2.45) is 0 Å². The minimum Gasteiger partial charge on any atom is -0.341 e. The molecule has 1 amide bonds. The summed E-state index contributed by atoms with van der Waals surface area (Å²) in [6, 6.07) is 7.65. The lowest BCUT2D eigenvalue weighted by Gasteiger charge is -2.05. The monoisotopic (exact) mass is 237 g/mol. The van der Waals surface area contributed by atoms with Crippen LogP contribution in [0.15, 0.2) is 48.1 Å². The van der Waals surface area contributed by atoms with E-state index in [-0.39, 0.29) is 12.5 Å². The molecule has 0 saturated heterocycles. The normalized spacial score (nSPS) is 12.9. The van der Waals surface area contributed by atoms with Crippen LogP contribution in [0.25, 0.3) is 0 Å². The third kappa shape index (κ3) is 3.11. The number of carbonyl (C=O) groups excluding carboxylic acids is 1. The molecule has 1 aromatic rings. The first-order valence-corrected chi connectivity index (χ1v) is 5.95. The third-order valence-corrected chi connectivity index (χ3v) is 2.85. The molecule has 0 unspecified atom stereocenters. The molecule has 1 aliphatic rings. The van der Waals surface area contributed by atoms with Crippen molar-refractivity contribution in [2.75, 3.05) is 6.54 Å². The van der Waals surface area contributed by atoms with Crippen LogP contribution in [0.3, 0.4) is 0 Å². The third-order valence-electron chi connectivity index (χ3n) is 2.85. The number of amides is 1. The Balaban J connectivity index is 1.97. The van der Waals surface area contributed by atoms with Gasteiger partial charge in [0.25, 0.3) is 5.91 Å². The molecule has 2 nitrogen and oxygen atoms in total. The minimum absolute atomic E-state index is 0.124. The molecule has 0 saturated carbocycles. The van der Waals surface area contributed by atoms with Crippen molar-refractivity contribution in [3.8, 4) is 12.3 Å². The van der Waals surface area contributed by atoms with Crippen molar-refractivity contribution in [1.29, 1.82) is 0 Å². The van der Waals surface area contributed by atoms with E-state index in [4.69, 9.17) is 6.42 Å². The Morgan fingerprint density at radius 1 is 1.33 bits per heavy atom. The zero-order chi connectivity index (χ0) is 12.8. The molecule has 1 aromatic carbocycles. The van der Waals surface area contributed by atoms with Gasteiger partial charge in [0.2, 0.25) is 0 Å². The van der Waals surface area contributed by atoms with Gasteiger partial charge in [-0.1, -0.05) is 41.9 Å². The Labute approximate surface area is 107 Å². The first-order valence-electron chi connectivity index (χ1n) is 5.95. The topological polar surface area (TPSA) is 29.1 Å². The number of rotatable bonds is 4. The van der Waals surface area contributed by atoms with Gasteiger partial charge in [-0.25, -0.2) is 0 Å². The van der Waals surface area contributed by atoms with Crippen molar-refractivity contribution in [1.82, 2.24) is 5.32 Å². The summed E-state index contributed by atoms with van der Waals surface area (Å²) >= 11 is 0. The summed E-state index contributed by atoms with van der Waals surface area (Å²) in [6.45, 7) is 0.263. The van der Waals surface area contributed by atoms with Gasteiger partial charge in [0.15, 0.2) is 0 Å². The van der Waals surface area contributed by atoms with Gasteiger partial charge in [-0.15, -0.1) is 6.42 Å². The highest BCUT2D eigenvalue weighted by Gasteiger charge is 2.05. The van der Waals surface area contributed by atoms with Crippen LogP contribution in [-0.4, -0.2) is 12.5 Å². The maximum atomic E-state index is 11.6. The number of allylic oxidation sites excluding steroid dienone is 4. The van der Waals surface area contributed by atoms with E-state index in [1.54, 1.807) is 0 Å². The first-order chi connectivity index (χ1) is 8.79. The Kier molecular flexibility index (Phi) is 3.98. The lowest BCUT2D eigenvalue weighted by molar-refractivity contribution is 0.0958. The molecule has 1 N–H and O–H groups in total. The van der Waals surface area contributed by atoms with E-state index in [0.29, 0.717) is 5.56 Å². The summed E-state index contributed by atoms with van der Waals surface area (Å²) in [4.78, 5) is 11.6. The average molecular weight is 237 g/mol. The maximum absolute atomic E-state index is 11.6. The Morgan fingerprint density at radius 3 is 2.72 bits per heavy atom. The predicted octanol–water partition coefficient (Wildman–Crippen LogP) is 2.48. The lowest BCUT2D eigenvalue weighted by Crippen LogP contribution is -2.23. The van der Waals surface area contributed by atoms with Gasteiger partial charge in [-0.3, -0.25) is 4.79 Å². The van der Waals surface area contributed by atoms with Gasteiger partial charge in [0.1, 0.15) is 0 Å². The zero-order valence-corrected chi connectivity index (χ0v) is 10.1. The van der Waals surface area contributed by atoms with Crippen LogP contribution in [0.2, 0.25) is 0 Å². The van der Waals surface area contributed by atoms with Crippen LogP contribution in [0.4, 0.5) is 0 Å². The summed E-state index contributed by atoms with van der Waals surface area (Å²) in [5.74, 6) is 2.26. The van der Waals surface area contributed by atoms with E-state index >= 15 is 0 Å². The molecule has 0 spiro atoms. The number of terminal acetylenes is 1. The Morgan fingerprint density at radius 2 is 2.11 bits per heavy atom. The van der Waals surface area contributed by atoms with Gasteiger partial charge in [-0.05, 0) is 30.5 Å². The average Bonchev–Trinajstić information content (AvgIpc) is 2.89. The molecule has 0 atom stereocenters. The second kappa shape index (κ2) is 5.88. The fourth-order valence-corrected chi connectivity index (χ4v) is 1.89. The smallest absolute Gasteiger partial charge is 0.252 e. The van der Waals surface area contributed by atoms with Crippen LogP contribution in [0, 0.1) is 12.3 Å². The number of benzene rings is 1. The quantitative estimate of drug-likeness (QED) is 0.801. The second-order valence-corrected chi connectivity index (χ2v) is 4.22. The van der Waals surface area contributed by atoms with Crippen molar-refractivity contribution >= 4 is 5.91 Å². The molecule has 0 radical (unpaired) electrons. The zero-order valence-electron chi connectivity index (χ0n) is 10.1. The second-order valence-electron chi connectivity index (χ2n) is 4.22. The van der Waals surface area contributed by atoms with E-state index in [2.05, 4.69) is 29.5 Å². The Bertz CT molecular complexity index is 529. The van der Waals surface area contributed by atoms with Crippen LogP contribution in [0.5, 0.6) is 0 Å². The van der Waals surface area contributed by atoms with Gasteiger partial charge < -0.3 is 5.32 Å². The highest BCUT2D eigenvalue weighted by Crippen LogP contribution is 2.16. The number of carbonyl (C=O) groups is 1. The lowest BCUT2D eigenvalue weighted by atomic mass is 10.0. The van der Waals surface area contributed by atoms with Crippen LogP contribution < -0.4 is 5.32 Å². The molecular weight excluding hydrogens is 222 g/mol. The fourth-order valence-electron chi connectivity index (χ4n) is 1.89. The van der Waals surface area contributed by atoms with Crippen molar-refractivity contribution < 1.29 is 4.79 Å². The van der Waals surface area contributed by atoms with E-state index < -0.39 is 0 Å². The molecule has 2 rings (SSSR count). The molecule has 18 heavy (non-hydrogen) atoms. The SMILES string of the molecule is C#CCNC(=O)c1ccc(CC2=CC=CC2)cc1. The molecule has 0 bridgehead atoms. The maximum Gasteiger partial charge on any atom is 0.252 e. The molecule has 1 aliphatic carbocycles. The van der Waals surface area contributed by atoms with Gasteiger partial charge in [0.05, 0.1) is 6.54 Å². The van der Waals surface area contributed by atoms with Crippen molar-refractivity contribution in [3.63, 3.8) is 0 Å². The van der Waals surface area contributed by atoms with Gasteiger partial charge >= 0.3 is 0 Å². The Hall–Kier alpha value is -2.27. The van der Waals surface area contributed by atoms with E-state index in [1.165, 1.54) is 11.1 Å². The number of hydrogen-bond acceptors (Lipinski definition) is 1. The standard InChI is InChI=1S/C16H15NO/c1-2-11-17-16(18)15-9-7-14(8-10-15)12-13-5-3-4-6-13/h1,3-5,7-10H,6,11-12H2,(H,17,18).